The van der Waals surface area contributed by atoms with Gasteiger partial charge in [-0.15, -0.1) is 0 Å². The van der Waals surface area contributed by atoms with Crippen LogP contribution in [-0.4, -0.2) is 78.0 Å². The van der Waals surface area contributed by atoms with Crippen LogP contribution in [0.1, 0.15) is 5.82 Å². The minimum atomic E-state index is 0.564. The first-order valence-electron chi connectivity index (χ1n) is 8.39. The number of rotatable bonds is 3. The standard InChI is InChI=1S/C16H26N4O2/c1-18-3-2-17-16(18)10-19-8-13-11-22-12-15(14(13)9-19)20-4-6-21-7-5-20/h2-3,13-15H,4-12H2,1H3/t13-,14-,15-/m1/s1. The number of aryl methyl sites for hydroxylation is 1. The van der Waals surface area contributed by atoms with Crippen molar-refractivity contribution in [1.82, 2.24) is 19.4 Å². The van der Waals surface area contributed by atoms with E-state index in [2.05, 4.69) is 26.4 Å². The molecule has 0 aliphatic carbocycles. The van der Waals surface area contributed by atoms with Crippen molar-refractivity contribution in [3.63, 3.8) is 0 Å². The van der Waals surface area contributed by atoms with Gasteiger partial charge in [-0.05, 0) is 5.92 Å². The van der Waals surface area contributed by atoms with Gasteiger partial charge < -0.3 is 14.0 Å². The molecule has 0 N–H and O–H groups in total. The Bertz CT molecular complexity index is 500. The maximum absolute atomic E-state index is 5.93. The predicted molar refractivity (Wildman–Crippen MR) is 82.5 cm³/mol. The van der Waals surface area contributed by atoms with E-state index in [9.17, 15) is 0 Å². The lowest BCUT2D eigenvalue weighted by Crippen LogP contribution is -2.53. The summed E-state index contributed by atoms with van der Waals surface area (Å²) in [6.45, 7) is 8.90. The van der Waals surface area contributed by atoms with E-state index in [1.807, 2.05) is 12.4 Å². The average Bonchev–Trinajstić information content (AvgIpc) is 3.14. The van der Waals surface area contributed by atoms with E-state index < -0.39 is 0 Å². The summed E-state index contributed by atoms with van der Waals surface area (Å²) in [7, 11) is 2.07. The van der Waals surface area contributed by atoms with Crippen molar-refractivity contribution < 1.29 is 9.47 Å². The van der Waals surface area contributed by atoms with Crippen molar-refractivity contribution in [3.8, 4) is 0 Å². The molecule has 3 atom stereocenters. The molecule has 4 rings (SSSR count). The monoisotopic (exact) mass is 306 g/mol. The molecule has 22 heavy (non-hydrogen) atoms. The number of hydrogen-bond donors (Lipinski definition) is 0. The summed E-state index contributed by atoms with van der Waals surface area (Å²) in [5.74, 6) is 2.55. The molecule has 3 aliphatic heterocycles. The SMILES string of the molecule is Cn1ccnc1CN1C[C@@H]2COC[C@@H](N3CCOCC3)[C@@H]2C1. The highest BCUT2D eigenvalue weighted by Crippen LogP contribution is 2.33. The molecule has 3 fully saturated rings. The first-order chi connectivity index (χ1) is 10.8. The molecule has 122 valence electrons. The van der Waals surface area contributed by atoms with Gasteiger partial charge in [0.05, 0.1) is 33.0 Å². The van der Waals surface area contributed by atoms with E-state index >= 15 is 0 Å². The van der Waals surface area contributed by atoms with Gasteiger partial charge in [-0.2, -0.15) is 0 Å². The highest BCUT2D eigenvalue weighted by Gasteiger charge is 2.43. The Hall–Kier alpha value is -0.950. The number of hydrogen-bond acceptors (Lipinski definition) is 5. The molecule has 0 spiro atoms. The van der Waals surface area contributed by atoms with Gasteiger partial charge in [0.2, 0.25) is 0 Å². The minimum absolute atomic E-state index is 0.564. The minimum Gasteiger partial charge on any atom is -0.379 e. The predicted octanol–water partition coefficient (Wildman–Crippen LogP) is 0.199. The van der Waals surface area contributed by atoms with Crippen molar-refractivity contribution in [2.24, 2.45) is 18.9 Å². The summed E-state index contributed by atoms with van der Waals surface area (Å²) in [5.41, 5.74) is 0. The smallest absolute Gasteiger partial charge is 0.122 e. The Labute approximate surface area is 132 Å². The van der Waals surface area contributed by atoms with Crippen molar-refractivity contribution in [3.05, 3.63) is 18.2 Å². The third kappa shape index (κ3) is 2.80. The van der Waals surface area contributed by atoms with Crippen LogP contribution in [0.15, 0.2) is 12.4 Å². The Balaban J connectivity index is 1.42. The van der Waals surface area contributed by atoms with Gasteiger partial charge in [0.25, 0.3) is 0 Å². The first kappa shape index (κ1) is 14.6. The lowest BCUT2D eigenvalue weighted by molar-refractivity contribution is -0.0683. The van der Waals surface area contributed by atoms with Crippen LogP contribution in [0.4, 0.5) is 0 Å². The summed E-state index contributed by atoms with van der Waals surface area (Å²) >= 11 is 0. The molecule has 1 aromatic rings. The molecule has 6 nitrogen and oxygen atoms in total. The highest BCUT2D eigenvalue weighted by molar-refractivity contribution is 4.98. The quantitative estimate of drug-likeness (QED) is 0.798. The van der Waals surface area contributed by atoms with Crippen molar-refractivity contribution in [2.45, 2.75) is 12.6 Å². The number of likely N-dealkylation sites (tertiary alicyclic amines) is 1. The highest BCUT2D eigenvalue weighted by atomic mass is 16.5. The maximum Gasteiger partial charge on any atom is 0.122 e. The van der Waals surface area contributed by atoms with E-state index in [1.54, 1.807) is 0 Å². The van der Waals surface area contributed by atoms with Crippen LogP contribution < -0.4 is 0 Å². The normalized spacial score (nSPS) is 34.0. The van der Waals surface area contributed by atoms with Crippen molar-refractivity contribution in [2.75, 3.05) is 52.6 Å². The summed E-state index contributed by atoms with van der Waals surface area (Å²) in [5, 5.41) is 0. The molecule has 4 heterocycles. The number of aromatic nitrogens is 2. The van der Waals surface area contributed by atoms with Crippen LogP contribution >= 0.6 is 0 Å². The zero-order valence-electron chi connectivity index (χ0n) is 13.4. The van der Waals surface area contributed by atoms with E-state index in [0.29, 0.717) is 12.0 Å². The molecule has 0 radical (unpaired) electrons. The zero-order valence-corrected chi connectivity index (χ0v) is 13.4. The lowest BCUT2D eigenvalue weighted by atomic mass is 9.86. The third-order valence-corrected chi connectivity index (χ3v) is 5.48. The van der Waals surface area contributed by atoms with E-state index in [1.165, 1.54) is 6.54 Å². The molecule has 0 amide bonds. The molecule has 3 saturated heterocycles. The molecule has 3 aliphatic rings. The van der Waals surface area contributed by atoms with Crippen LogP contribution in [-0.2, 0) is 23.1 Å². The Kier molecular flexibility index (Phi) is 4.17. The lowest BCUT2D eigenvalue weighted by Gasteiger charge is -2.42. The molecule has 0 unspecified atom stereocenters. The van der Waals surface area contributed by atoms with Crippen LogP contribution in [0.5, 0.6) is 0 Å². The summed E-state index contributed by atoms with van der Waals surface area (Å²) in [6, 6.07) is 0.564. The Morgan fingerprint density at radius 2 is 2.05 bits per heavy atom. The fourth-order valence-electron chi connectivity index (χ4n) is 4.23. The van der Waals surface area contributed by atoms with Crippen molar-refractivity contribution in [1.29, 1.82) is 0 Å². The van der Waals surface area contributed by atoms with Crippen LogP contribution in [0, 0.1) is 11.8 Å². The maximum atomic E-state index is 5.93. The Morgan fingerprint density at radius 3 is 2.82 bits per heavy atom. The van der Waals surface area contributed by atoms with Gasteiger partial charge in [-0.25, -0.2) is 4.98 Å². The third-order valence-electron chi connectivity index (χ3n) is 5.48. The number of morpholine rings is 1. The van der Waals surface area contributed by atoms with Crippen molar-refractivity contribution >= 4 is 0 Å². The van der Waals surface area contributed by atoms with Gasteiger partial charge in [0.15, 0.2) is 0 Å². The fourth-order valence-corrected chi connectivity index (χ4v) is 4.23. The van der Waals surface area contributed by atoms with Gasteiger partial charge in [-0.1, -0.05) is 0 Å². The molecular weight excluding hydrogens is 280 g/mol. The van der Waals surface area contributed by atoms with Gasteiger partial charge in [0.1, 0.15) is 5.82 Å². The van der Waals surface area contributed by atoms with E-state index in [4.69, 9.17) is 9.47 Å². The zero-order chi connectivity index (χ0) is 14.9. The second-order valence-electron chi connectivity index (χ2n) is 6.83. The molecule has 1 aromatic heterocycles. The van der Waals surface area contributed by atoms with Crippen LogP contribution in [0.3, 0.4) is 0 Å². The molecule has 6 heteroatoms. The van der Waals surface area contributed by atoms with Gasteiger partial charge in [-0.3, -0.25) is 9.80 Å². The van der Waals surface area contributed by atoms with Gasteiger partial charge >= 0.3 is 0 Å². The second-order valence-corrected chi connectivity index (χ2v) is 6.83. The summed E-state index contributed by atoms with van der Waals surface area (Å²) in [4.78, 5) is 9.61. The summed E-state index contributed by atoms with van der Waals surface area (Å²) in [6.07, 6.45) is 3.91. The number of fused-ring (bicyclic) bond motifs is 1. The second kappa shape index (κ2) is 6.28. The number of nitrogens with zero attached hydrogens (tertiary/aromatic N) is 4. The van der Waals surface area contributed by atoms with E-state index in [-0.39, 0.29) is 0 Å². The topological polar surface area (TPSA) is 42.8 Å². The van der Waals surface area contributed by atoms with E-state index in [0.717, 1.165) is 64.3 Å². The molecule has 0 aromatic carbocycles. The fraction of sp³-hybridized carbons (Fsp3) is 0.812. The average molecular weight is 306 g/mol. The molecular formula is C16H26N4O2. The largest absolute Gasteiger partial charge is 0.379 e. The van der Waals surface area contributed by atoms with Gasteiger partial charge in [0, 0.05) is 57.6 Å². The number of ether oxygens (including phenoxy) is 2. The van der Waals surface area contributed by atoms with Crippen LogP contribution in [0.2, 0.25) is 0 Å². The first-order valence-corrected chi connectivity index (χ1v) is 8.39. The Morgan fingerprint density at radius 1 is 1.18 bits per heavy atom. The summed E-state index contributed by atoms with van der Waals surface area (Å²) < 4.78 is 13.6. The molecule has 0 bridgehead atoms. The number of imidazole rings is 1. The van der Waals surface area contributed by atoms with Crippen LogP contribution in [0.25, 0.3) is 0 Å². The molecule has 0 saturated carbocycles.